The summed E-state index contributed by atoms with van der Waals surface area (Å²) >= 11 is 0. The number of rotatable bonds is 5. The molecule has 104 valence electrons. The molecule has 1 aliphatic heterocycles. The SMILES string of the molecule is NC(CC(=O)NCC1CCOCC1)c1ccccc1. The van der Waals surface area contributed by atoms with Crippen LogP contribution in [0.4, 0.5) is 0 Å². The van der Waals surface area contributed by atoms with Gasteiger partial charge >= 0.3 is 0 Å². The van der Waals surface area contributed by atoms with Crippen molar-refractivity contribution in [1.82, 2.24) is 5.32 Å². The summed E-state index contributed by atoms with van der Waals surface area (Å²) in [7, 11) is 0. The van der Waals surface area contributed by atoms with E-state index >= 15 is 0 Å². The Morgan fingerprint density at radius 1 is 1.32 bits per heavy atom. The fourth-order valence-electron chi connectivity index (χ4n) is 2.30. The van der Waals surface area contributed by atoms with Gasteiger partial charge in [0.25, 0.3) is 0 Å². The van der Waals surface area contributed by atoms with Crippen LogP contribution < -0.4 is 11.1 Å². The maximum absolute atomic E-state index is 11.8. The van der Waals surface area contributed by atoms with Crippen molar-refractivity contribution in [2.24, 2.45) is 11.7 Å². The van der Waals surface area contributed by atoms with Gasteiger partial charge in [-0.2, -0.15) is 0 Å². The van der Waals surface area contributed by atoms with E-state index in [1.807, 2.05) is 30.3 Å². The molecule has 1 saturated heterocycles. The predicted molar refractivity (Wildman–Crippen MR) is 74.5 cm³/mol. The quantitative estimate of drug-likeness (QED) is 0.847. The topological polar surface area (TPSA) is 64.4 Å². The van der Waals surface area contributed by atoms with E-state index in [0.717, 1.165) is 38.2 Å². The number of benzene rings is 1. The van der Waals surface area contributed by atoms with Crippen molar-refractivity contribution >= 4 is 5.91 Å². The summed E-state index contributed by atoms with van der Waals surface area (Å²) in [6.45, 7) is 2.36. The fraction of sp³-hybridized carbons (Fsp3) is 0.533. The first-order chi connectivity index (χ1) is 9.25. The Hall–Kier alpha value is -1.39. The second kappa shape index (κ2) is 7.26. The van der Waals surface area contributed by atoms with E-state index in [0.29, 0.717) is 12.3 Å². The van der Waals surface area contributed by atoms with E-state index in [1.165, 1.54) is 0 Å². The van der Waals surface area contributed by atoms with Gasteiger partial charge in [0, 0.05) is 32.2 Å². The van der Waals surface area contributed by atoms with Crippen LogP contribution in [-0.2, 0) is 9.53 Å². The zero-order valence-corrected chi connectivity index (χ0v) is 11.2. The normalized spacial score (nSPS) is 17.9. The van der Waals surface area contributed by atoms with Gasteiger partial charge < -0.3 is 15.8 Å². The molecule has 0 spiro atoms. The van der Waals surface area contributed by atoms with Gasteiger partial charge in [-0.25, -0.2) is 0 Å². The van der Waals surface area contributed by atoms with Crippen LogP contribution in [0.15, 0.2) is 30.3 Å². The van der Waals surface area contributed by atoms with Crippen LogP contribution in [0, 0.1) is 5.92 Å². The summed E-state index contributed by atoms with van der Waals surface area (Å²) in [5.41, 5.74) is 7.03. The van der Waals surface area contributed by atoms with Crippen molar-refractivity contribution in [2.75, 3.05) is 19.8 Å². The molecule has 1 aromatic rings. The fourth-order valence-corrected chi connectivity index (χ4v) is 2.30. The second-order valence-electron chi connectivity index (χ2n) is 5.08. The molecular formula is C15H22N2O2. The lowest BCUT2D eigenvalue weighted by Gasteiger charge is -2.22. The zero-order valence-electron chi connectivity index (χ0n) is 11.2. The molecule has 0 aromatic heterocycles. The minimum Gasteiger partial charge on any atom is -0.381 e. The van der Waals surface area contributed by atoms with Crippen LogP contribution in [0.1, 0.15) is 30.9 Å². The van der Waals surface area contributed by atoms with Crippen LogP contribution in [0.3, 0.4) is 0 Å². The summed E-state index contributed by atoms with van der Waals surface area (Å²) in [6.07, 6.45) is 2.41. The molecule has 1 aromatic carbocycles. The lowest BCUT2D eigenvalue weighted by atomic mass is 10.00. The molecule has 1 amide bonds. The predicted octanol–water partition coefficient (Wildman–Crippen LogP) is 1.62. The number of hydrogen-bond donors (Lipinski definition) is 2. The van der Waals surface area contributed by atoms with Gasteiger partial charge in [-0.3, -0.25) is 4.79 Å². The lowest BCUT2D eigenvalue weighted by Crippen LogP contribution is -2.33. The minimum absolute atomic E-state index is 0.0304. The van der Waals surface area contributed by atoms with E-state index in [2.05, 4.69) is 5.32 Å². The summed E-state index contributed by atoms with van der Waals surface area (Å²) in [5, 5.41) is 2.98. The van der Waals surface area contributed by atoms with Crippen molar-refractivity contribution in [3.63, 3.8) is 0 Å². The molecule has 0 radical (unpaired) electrons. The van der Waals surface area contributed by atoms with Crippen molar-refractivity contribution in [2.45, 2.75) is 25.3 Å². The van der Waals surface area contributed by atoms with Gasteiger partial charge in [-0.15, -0.1) is 0 Å². The molecule has 3 N–H and O–H groups in total. The minimum atomic E-state index is -0.226. The molecule has 0 saturated carbocycles. The molecular weight excluding hydrogens is 240 g/mol. The van der Waals surface area contributed by atoms with Crippen LogP contribution in [0.2, 0.25) is 0 Å². The Labute approximate surface area is 114 Å². The van der Waals surface area contributed by atoms with Crippen LogP contribution in [-0.4, -0.2) is 25.7 Å². The van der Waals surface area contributed by atoms with Crippen LogP contribution in [0.25, 0.3) is 0 Å². The Balaban J connectivity index is 1.71. The number of hydrogen-bond acceptors (Lipinski definition) is 3. The summed E-state index contributed by atoms with van der Waals surface area (Å²) < 4.78 is 5.30. The number of amides is 1. The van der Waals surface area contributed by atoms with Gasteiger partial charge in [0.15, 0.2) is 0 Å². The summed E-state index contributed by atoms with van der Waals surface area (Å²) in [5.74, 6) is 0.577. The highest BCUT2D eigenvalue weighted by molar-refractivity contribution is 5.76. The molecule has 4 heteroatoms. The molecule has 1 heterocycles. The number of nitrogens with one attached hydrogen (secondary N) is 1. The Kier molecular flexibility index (Phi) is 5.36. The third-order valence-corrected chi connectivity index (χ3v) is 3.56. The molecule has 4 nitrogen and oxygen atoms in total. The highest BCUT2D eigenvalue weighted by atomic mass is 16.5. The van der Waals surface area contributed by atoms with Gasteiger partial charge in [0.1, 0.15) is 0 Å². The molecule has 0 aliphatic carbocycles. The van der Waals surface area contributed by atoms with E-state index in [4.69, 9.17) is 10.5 Å². The number of nitrogens with two attached hydrogens (primary N) is 1. The summed E-state index contributed by atoms with van der Waals surface area (Å²) in [6, 6.07) is 9.51. The van der Waals surface area contributed by atoms with E-state index in [9.17, 15) is 4.79 Å². The molecule has 1 atom stereocenters. The Bertz CT molecular complexity index is 388. The van der Waals surface area contributed by atoms with Crippen molar-refractivity contribution in [3.8, 4) is 0 Å². The molecule has 0 bridgehead atoms. The monoisotopic (exact) mass is 262 g/mol. The number of carbonyl (C=O) groups excluding carboxylic acids is 1. The van der Waals surface area contributed by atoms with E-state index < -0.39 is 0 Å². The van der Waals surface area contributed by atoms with Gasteiger partial charge in [-0.05, 0) is 24.3 Å². The molecule has 1 fully saturated rings. The molecule has 19 heavy (non-hydrogen) atoms. The first kappa shape index (κ1) is 14.0. The van der Waals surface area contributed by atoms with Crippen molar-refractivity contribution in [3.05, 3.63) is 35.9 Å². The van der Waals surface area contributed by atoms with Gasteiger partial charge in [0.05, 0.1) is 0 Å². The molecule has 1 unspecified atom stereocenters. The van der Waals surface area contributed by atoms with Crippen LogP contribution >= 0.6 is 0 Å². The first-order valence-electron chi connectivity index (χ1n) is 6.90. The molecule has 1 aliphatic rings. The van der Waals surface area contributed by atoms with Gasteiger partial charge in [0.2, 0.25) is 5.91 Å². The lowest BCUT2D eigenvalue weighted by molar-refractivity contribution is -0.121. The number of ether oxygens (including phenoxy) is 1. The highest BCUT2D eigenvalue weighted by Crippen LogP contribution is 2.15. The third kappa shape index (κ3) is 4.65. The van der Waals surface area contributed by atoms with E-state index in [-0.39, 0.29) is 11.9 Å². The Morgan fingerprint density at radius 3 is 2.68 bits per heavy atom. The number of carbonyl (C=O) groups is 1. The maximum atomic E-state index is 11.8. The molecule has 2 rings (SSSR count). The average Bonchev–Trinajstić information content (AvgIpc) is 2.47. The van der Waals surface area contributed by atoms with Crippen molar-refractivity contribution < 1.29 is 9.53 Å². The smallest absolute Gasteiger partial charge is 0.221 e. The zero-order chi connectivity index (χ0) is 13.5. The standard InChI is InChI=1S/C15H22N2O2/c16-14(13-4-2-1-3-5-13)10-15(18)17-11-12-6-8-19-9-7-12/h1-5,12,14H,6-11,16H2,(H,17,18). The van der Waals surface area contributed by atoms with Gasteiger partial charge in [-0.1, -0.05) is 30.3 Å². The van der Waals surface area contributed by atoms with E-state index in [1.54, 1.807) is 0 Å². The Morgan fingerprint density at radius 2 is 2.00 bits per heavy atom. The third-order valence-electron chi connectivity index (χ3n) is 3.56. The van der Waals surface area contributed by atoms with Crippen molar-refractivity contribution in [1.29, 1.82) is 0 Å². The second-order valence-corrected chi connectivity index (χ2v) is 5.08. The maximum Gasteiger partial charge on any atom is 0.221 e. The average molecular weight is 262 g/mol. The largest absolute Gasteiger partial charge is 0.381 e. The van der Waals surface area contributed by atoms with Crippen LogP contribution in [0.5, 0.6) is 0 Å². The first-order valence-corrected chi connectivity index (χ1v) is 6.90. The highest BCUT2D eigenvalue weighted by Gasteiger charge is 2.16. The summed E-state index contributed by atoms with van der Waals surface area (Å²) in [4.78, 5) is 11.8.